The van der Waals surface area contributed by atoms with Crippen molar-refractivity contribution in [2.24, 2.45) is 0 Å². The second-order valence-electron chi connectivity index (χ2n) is 9.85. The number of nitrogen functional groups attached to an aromatic ring is 1. The number of Topliss-reactive ketones (excluding diaryl/α,β-unsaturated/α-hetero) is 2. The minimum Gasteiger partial charge on any atom is -0.508 e. The number of anilines is 1. The van der Waals surface area contributed by atoms with Crippen LogP contribution in [0.4, 0.5) is 5.82 Å². The van der Waals surface area contributed by atoms with Crippen LogP contribution in [0.15, 0.2) is 78.5 Å². The number of phenolic OH excluding ortho intramolecular Hbond substituents is 1. The van der Waals surface area contributed by atoms with Gasteiger partial charge in [-0.1, -0.05) is 48.0 Å². The summed E-state index contributed by atoms with van der Waals surface area (Å²) in [5.41, 5.74) is 5.77. The molecular weight excluding hydrogens is 484 g/mol. The summed E-state index contributed by atoms with van der Waals surface area (Å²) in [6.07, 6.45) is 4.87. The number of carbonyl (C=O) groups is 3. The lowest BCUT2D eigenvalue weighted by molar-refractivity contribution is -0.145. The molecular formula is C30H28N2O6. The number of ketones is 2. The summed E-state index contributed by atoms with van der Waals surface area (Å²) in [5, 5.41) is 9.66. The molecule has 0 bridgehead atoms. The van der Waals surface area contributed by atoms with Crippen molar-refractivity contribution in [1.82, 2.24) is 4.98 Å². The fraction of sp³-hybridized carbons (Fsp3) is 0.267. The zero-order valence-electron chi connectivity index (χ0n) is 21.1. The Bertz CT molecular complexity index is 1460. The molecule has 3 atom stereocenters. The van der Waals surface area contributed by atoms with Crippen molar-refractivity contribution in [2.75, 3.05) is 12.8 Å². The van der Waals surface area contributed by atoms with Crippen molar-refractivity contribution in [3.63, 3.8) is 0 Å². The molecule has 0 spiro atoms. The quantitative estimate of drug-likeness (QED) is 0.199. The summed E-state index contributed by atoms with van der Waals surface area (Å²) in [7, 11) is 1.18. The minimum absolute atomic E-state index is 0.0218. The largest absolute Gasteiger partial charge is 0.508 e. The first-order valence-electron chi connectivity index (χ1n) is 12.3. The molecule has 3 N–H and O–H groups in total. The van der Waals surface area contributed by atoms with E-state index in [0.29, 0.717) is 18.7 Å². The smallest absolute Gasteiger partial charge is 0.350 e. The number of fused-ring (bicyclic) bond motifs is 2. The number of phenols is 1. The number of aromatic hydroxyl groups is 1. The first kappa shape index (κ1) is 25.4. The molecule has 3 aromatic rings. The Kier molecular flexibility index (Phi) is 6.36. The molecule has 1 aliphatic heterocycles. The van der Waals surface area contributed by atoms with Gasteiger partial charge in [0.2, 0.25) is 5.78 Å². The summed E-state index contributed by atoms with van der Waals surface area (Å²) in [4.78, 5) is 43.8. The molecule has 2 heterocycles. The number of carbonyl (C=O) groups excluding carboxylic acids is 3. The van der Waals surface area contributed by atoms with E-state index in [1.165, 1.54) is 13.2 Å². The van der Waals surface area contributed by atoms with Crippen LogP contribution >= 0.6 is 0 Å². The van der Waals surface area contributed by atoms with Gasteiger partial charge in [-0.2, -0.15) is 0 Å². The van der Waals surface area contributed by atoms with Gasteiger partial charge in [0.1, 0.15) is 11.6 Å². The van der Waals surface area contributed by atoms with Gasteiger partial charge >= 0.3 is 5.97 Å². The highest BCUT2D eigenvalue weighted by molar-refractivity contribution is 6.32. The van der Waals surface area contributed by atoms with Gasteiger partial charge in [0.15, 0.2) is 11.4 Å². The first-order chi connectivity index (χ1) is 18.2. The zero-order chi connectivity index (χ0) is 27.1. The number of pyridine rings is 1. The van der Waals surface area contributed by atoms with E-state index in [0.717, 1.165) is 16.7 Å². The number of ether oxygens (including phenoxy) is 2. The molecule has 2 aromatic carbocycles. The number of aromatic nitrogens is 1. The van der Waals surface area contributed by atoms with Gasteiger partial charge < -0.3 is 20.3 Å². The number of nitrogens with zero attached hydrogens (tertiary/aromatic N) is 1. The number of hydrogen-bond acceptors (Lipinski definition) is 8. The Morgan fingerprint density at radius 2 is 1.79 bits per heavy atom. The van der Waals surface area contributed by atoms with Crippen LogP contribution < -0.4 is 5.73 Å². The standard InChI is InChI=1S/C30H28N2O6/c1-18(15-21(20-12-14-32-25(31)17-20)16-19-7-9-22(33)10-8-19)11-13-29-26(34)23-5-3-4-6-24(23)27(35)30(29,38-29)28(36)37-2/h3-12,14,17,21,33H,13,15-16H2,1-2H3,(H2,31,32). The van der Waals surface area contributed by atoms with Gasteiger partial charge in [0.25, 0.3) is 5.60 Å². The van der Waals surface area contributed by atoms with E-state index in [4.69, 9.17) is 15.2 Å². The number of hydrogen-bond donors (Lipinski definition) is 2. The summed E-state index contributed by atoms with van der Waals surface area (Å²) in [6, 6.07) is 17.2. The molecule has 194 valence electrons. The van der Waals surface area contributed by atoms with E-state index < -0.39 is 28.7 Å². The van der Waals surface area contributed by atoms with Crippen molar-refractivity contribution in [1.29, 1.82) is 0 Å². The lowest BCUT2D eigenvalue weighted by atomic mass is 9.72. The molecule has 1 aliphatic carbocycles. The summed E-state index contributed by atoms with van der Waals surface area (Å²) in [5.74, 6) is -1.19. The second kappa shape index (κ2) is 9.54. The van der Waals surface area contributed by atoms with E-state index in [1.807, 2.05) is 37.3 Å². The van der Waals surface area contributed by atoms with Crippen molar-refractivity contribution in [3.05, 3.63) is 101 Å². The normalized spacial score (nSPS) is 22.8. The third kappa shape index (κ3) is 4.07. The Morgan fingerprint density at radius 1 is 1.11 bits per heavy atom. The van der Waals surface area contributed by atoms with Crippen LogP contribution in [0.5, 0.6) is 5.75 Å². The second-order valence-corrected chi connectivity index (χ2v) is 9.85. The average Bonchev–Trinajstić information content (AvgIpc) is 3.63. The number of esters is 1. The highest BCUT2D eigenvalue weighted by Crippen LogP contribution is 2.58. The highest BCUT2D eigenvalue weighted by atomic mass is 16.7. The molecule has 5 rings (SSSR count). The van der Waals surface area contributed by atoms with Crippen molar-refractivity contribution in [2.45, 2.75) is 43.3 Å². The van der Waals surface area contributed by atoms with Crippen LogP contribution in [-0.4, -0.2) is 45.9 Å². The molecule has 1 aromatic heterocycles. The molecule has 2 aliphatic rings. The van der Waals surface area contributed by atoms with E-state index in [2.05, 4.69) is 4.98 Å². The van der Waals surface area contributed by atoms with Gasteiger partial charge in [-0.15, -0.1) is 0 Å². The zero-order valence-corrected chi connectivity index (χ0v) is 21.1. The number of methoxy groups -OCH3 is 1. The molecule has 0 radical (unpaired) electrons. The first-order valence-corrected chi connectivity index (χ1v) is 12.3. The fourth-order valence-electron chi connectivity index (χ4n) is 5.41. The maximum Gasteiger partial charge on any atom is 0.350 e. The van der Waals surface area contributed by atoms with Crippen LogP contribution in [0.1, 0.15) is 57.5 Å². The molecule has 1 fully saturated rings. The number of rotatable bonds is 8. The molecule has 38 heavy (non-hydrogen) atoms. The molecule has 1 saturated heterocycles. The predicted octanol–water partition coefficient (Wildman–Crippen LogP) is 4.18. The van der Waals surface area contributed by atoms with E-state index in [-0.39, 0.29) is 29.2 Å². The van der Waals surface area contributed by atoms with Gasteiger partial charge in [-0.3, -0.25) is 9.59 Å². The minimum atomic E-state index is -1.96. The van der Waals surface area contributed by atoms with E-state index >= 15 is 0 Å². The van der Waals surface area contributed by atoms with Gasteiger partial charge in [-0.25, -0.2) is 9.78 Å². The Morgan fingerprint density at radius 3 is 2.45 bits per heavy atom. The van der Waals surface area contributed by atoms with Crippen molar-refractivity contribution < 1.29 is 29.0 Å². The number of nitrogens with two attached hydrogens (primary N) is 1. The Hall–Kier alpha value is -4.30. The third-order valence-electron chi connectivity index (χ3n) is 7.43. The molecule has 0 amide bonds. The summed E-state index contributed by atoms with van der Waals surface area (Å²) in [6.45, 7) is 1.94. The SMILES string of the molecule is COC(=O)C12OC1(CC=C(C)CC(Cc1ccc(O)cc1)c1ccnc(N)c1)C(=O)c1ccccc1C2=O. The van der Waals surface area contributed by atoms with Crippen LogP contribution in [0, 0.1) is 0 Å². The van der Waals surface area contributed by atoms with E-state index in [9.17, 15) is 19.5 Å². The average molecular weight is 513 g/mol. The van der Waals surface area contributed by atoms with E-state index in [1.54, 1.807) is 36.5 Å². The summed E-state index contributed by atoms with van der Waals surface area (Å²) >= 11 is 0. The lowest BCUT2D eigenvalue weighted by Crippen LogP contribution is -2.50. The highest BCUT2D eigenvalue weighted by Gasteiger charge is 2.85. The monoisotopic (exact) mass is 512 g/mol. The maximum atomic E-state index is 13.6. The number of epoxide rings is 1. The van der Waals surface area contributed by atoms with Crippen molar-refractivity contribution >= 4 is 23.4 Å². The Labute approximate surface area is 220 Å². The van der Waals surface area contributed by atoms with Crippen LogP contribution in [0.25, 0.3) is 0 Å². The number of allylic oxidation sites excluding steroid dienone is 1. The number of benzene rings is 2. The van der Waals surface area contributed by atoms with Gasteiger partial charge in [0, 0.05) is 23.7 Å². The molecule has 8 heteroatoms. The van der Waals surface area contributed by atoms with Gasteiger partial charge in [-0.05, 0) is 61.1 Å². The lowest BCUT2D eigenvalue weighted by Gasteiger charge is -2.23. The third-order valence-corrected chi connectivity index (χ3v) is 7.43. The molecule has 8 nitrogen and oxygen atoms in total. The van der Waals surface area contributed by atoms with Gasteiger partial charge in [0.05, 0.1) is 7.11 Å². The van der Waals surface area contributed by atoms with Crippen LogP contribution in [0.2, 0.25) is 0 Å². The maximum absolute atomic E-state index is 13.6. The Balaban J connectivity index is 1.44. The predicted molar refractivity (Wildman–Crippen MR) is 140 cm³/mol. The molecule has 3 unspecified atom stereocenters. The summed E-state index contributed by atoms with van der Waals surface area (Å²) < 4.78 is 10.7. The van der Waals surface area contributed by atoms with Crippen LogP contribution in [-0.2, 0) is 20.7 Å². The van der Waals surface area contributed by atoms with Crippen molar-refractivity contribution in [3.8, 4) is 5.75 Å². The fourth-order valence-corrected chi connectivity index (χ4v) is 5.41. The topological polar surface area (TPSA) is 132 Å². The van der Waals surface area contributed by atoms with Crippen LogP contribution in [0.3, 0.4) is 0 Å². The molecule has 0 saturated carbocycles.